The van der Waals surface area contributed by atoms with E-state index in [1.54, 1.807) is 31.4 Å². The van der Waals surface area contributed by atoms with Gasteiger partial charge in [-0.3, -0.25) is 4.98 Å². The fourth-order valence-electron chi connectivity index (χ4n) is 1.81. The summed E-state index contributed by atoms with van der Waals surface area (Å²) < 4.78 is 27.2. The number of thiophene rings is 1. The number of halogens is 1. The zero-order chi connectivity index (χ0) is 15.5. The normalized spacial score (nSPS) is 12.0. The molecule has 2 aromatic rings. The molecule has 0 saturated heterocycles. The Morgan fingerprint density at radius 1 is 1.43 bits per heavy atom. The van der Waals surface area contributed by atoms with E-state index in [0.717, 1.165) is 4.88 Å². The van der Waals surface area contributed by atoms with E-state index in [4.69, 9.17) is 0 Å². The van der Waals surface area contributed by atoms with Crippen LogP contribution in [0.5, 0.6) is 0 Å². The maximum atomic E-state index is 12.6. The Morgan fingerprint density at radius 3 is 2.81 bits per heavy atom. The number of rotatable bonds is 6. The molecule has 0 radical (unpaired) electrons. The highest BCUT2D eigenvalue weighted by Gasteiger charge is 2.26. The van der Waals surface area contributed by atoms with E-state index in [1.165, 1.54) is 15.6 Å². The van der Waals surface area contributed by atoms with Crippen molar-refractivity contribution in [1.82, 2.24) is 14.6 Å². The molecule has 0 spiro atoms. The van der Waals surface area contributed by atoms with Crippen LogP contribution in [0.1, 0.15) is 10.6 Å². The lowest BCUT2D eigenvalue weighted by atomic mass is 10.3. The molecular weight excluding hydrogens is 374 g/mol. The SMILES string of the molecule is CNCc1cc(S(=O)(=O)N(C)Cc2ccccn2)c(Br)s1. The predicted molar refractivity (Wildman–Crippen MR) is 87.7 cm³/mol. The van der Waals surface area contributed by atoms with Crippen molar-refractivity contribution >= 4 is 37.3 Å². The van der Waals surface area contributed by atoms with Crippen molar-refractivity contribution in [2.45, 2.75) is 18.0 Å². The molecule has 0 aliphatic heterocycles. The molecule has 8 heteroatoms. The van der Waals surface area contributed by atoms with Gasteiger partial charge in [0.15, 0.2) is 0 Å². The minimum Gasteiger partial charge on any atom is -0.315 e. The number of hydrogen-bond acceptors (Lipinski definition) is 5. The summed E-state index contributed by atoms with van der Waals surface area (Å²) in [6.45, 7) is 0.884. The van der Waals surface area contributed by atoms with Gasteiger partial charge in [0.05, 0.1) is 16.0 Å². The van der Waals surface area contributed by atoms with Crippen molar-refractivity contribution in [2.75, 3.05) is 14.1 Å². The van der Waals surface area contributed by atoms with Crippen LogP contribution >= 0.6 is 27.3 Å². The topological polar surface area (TPSA) is 62.3 Å². The van der Waals surface area contributed by atoms with Crippen LogP contribution in [0.4, 0.5) is 0 Å². The van der Waals surface area contributed by atoms with Crippen molar-refractivity contribution in [3.8, 4) is 0 Å². The monoisotopic (exact) mass is 389 g/mol. The second-order valence-electron chi connectivity index (χ2n) is 4.46. The quantitative estimate of drug-likeness (QED) is 0.823. The van der Waals surface area contributed by atoms with Crippen molar-refractivity contribution in [2.24, 2.45) is 0 Å². The van der Waals surface area contributed by atoms with Gasteiger partial charge in [-0.2, -0.15) is 4.31 Å². The summed E-state index contributed by atoms with van der Waals surface area (Å²) in [5.41, 5.74) is 0.713. The number of pyridine rings is 1. The molecule has 0 aliphatic rings. The Bertz CT molecular complexity index is 701. The number of nitrogens with one attached hydrogen (secondary N) is 1. The van der Waals surface area contributed by atoms with Gasteiger partial charge in [-0.05, 0) is 41.2 Å². The third-order valence-electron chi connectivity index (χ3n) is 2.86. The van der Waals surface area contributed by atoms with Crippen molar-refractivity contribution in [3.63, 3.8) is 0 Å². The average molecular weight is 390 g/mol. The molecule has 0 fully saturated rings. The number of hydrogen-bond donors (Lipinski definition) is 1. The van der Waals surface area contributed by atoms with Crippen LogP contribution in [-0.4, -0.2) is 31.8 Å². The Balaban J connectivity index is 2.24. The maximum absolute atomic E-state index is 12.6. The molecule has 2 heterocycles. The van der Waals surface area contributed by atoms with Gasteiger partial charge in [0.1, 0.15) is 4.90 Å². The molecular formula is C13H16BrN3O2S2. The summed E-state index contributed by atoms with van der Waals surface area (Å²) in [6.07, 6.45) is 1.65. The van der Waals surface area contributed by atoms with Gasteiger partial charge in [0.25, 0.3) is 0 Å². The highest BCUT2D eigenvalue weighted by molar-refractivity contribution is 9.11. The lowest BCUT2D eigenvalue weighted by Gasteiger charge is -2.16. The zero-order valence-corrected chi connectivity index (χ0v) is 14.9. The fraction of sp³-hybridized carbons (Fsp3) is 0.308. The van der Waals surface area contributed by atoms with Crippen molar-refractivity contribution < 1.29 is 8.42 Å². The minimum absolute atomic E-state index is 0.243. The maximum Gasteiger partial charge on any atom is 0.245 e. The summed E-state index contributed by atoms with van der Waals surface area (Å²) >= 11 is 4.77. The van der Waals surface area contributed by atoms with Crippen LogP contribution in [0.25, 0.3) is 0 Å². The zero-order valence-electron chi connectivity index (χ0n) is 11.7. The Kier molecular flexibility index (Phi) is 5.50. The van der Waals surface area contributed by atoms with E-state index in [9.17, 15) is 8.42 Å². The molecule has 0 amide bonds. The molecule has 1 N–H and O–H groups in total. The second-order valence-corrected chi connectivity index (χ2v) is 8.93. The first-order valence-corrected chi connectivity index (χ1v) is 9.29. The Hall–Kier alpha value is -0.800. The van der Waals surface area contributed by atoms with Gasteiger partial charge in [-0.15, -0.1) is 11.3 Å². The van der Waals surface area contributed by atoms with Gasteiger partial charge in [0.2, 0.25) is 10.0 Å². The van der Waals surface area contributed by atoms with E-state index < -0.39 is 10.0 Å². The van der Waals surface area contributed by atoms with Crippen LogP contribution in [0.2, 0.25) is 0 Å². The first-order valence-electron chi connectivity index (χ1n) is 6.24. The van der Waals surface area contributed by atoms with Gasteiger partial charge in [-0.25, -0.2) is 8.42 Å². The lowest BCUT2D eigenvalue weighted by molar-refractivity contribution is 0.462. The van der Waals surface area contributed by atoms with E-state index in [1.807, 2.05) is 13.1 Å². The molecule has 2 aromatic heterocycles. The highest BCUT2D eigenvalue weighted by Crippen LogP contribution is 2.33. The number of sulfonamides is 1. The number of aromatic nitrogens is 1. The minimum atomic E-state index is -3.54. The van der Waals surface area contributed by atoms with E-state index in [2.05, 4.69) is 26.2 Å². The summed E-state index contributed by atoms with van der Waals surface area (Å²) in [5, 5.41) is 3.02. The van der Waals surface area contributed by atoms with Crippen LogP contribution < -0.4 is 5.32 Å². The molecule has 5 nitrogen and oxygen atoms in total. The smallest absolute Gasteiger partial charge is 0.245 e. The standard InChI is InChI=1S/C13H16BrN3O2S2/c1-15-8-11-7-12(13(14)20-11)21(18,19)17(2)9-10-5-3-4-6-16-10/h3-7,15H,8-9H2,1-2H3. The van der Waals surface area contributed by atoms with Gasteiger partial charge in [-0.1, -0.05) is 6.07 Å². The summed E-state index contributed by atoms with van der Waals surface area (Å²) in [7, 11) is -0.146. The third kappa shape index (κ3) is 3.89. The van der Waals surface area contributed by atoms with Crippen LogP contribution in [-0.2, 0) is 23.1 Å². The first-order chi connectivity index (χ1) is 9.95. The molecule has 0 bridgehead atoms. The van der Waals surface area contributed by atoms with E-state index in [0.29, 0.717) is 20.9 Å². The van der Waals surface area contributed by atoms with E-state index in [-0.39, 0.29) is 6.54 Å². The fourth-order valence-corrected chi connectivity index (χ4v) is 5.59. The van der Waals surface area contributed by atoms with E-state index >= 15 is 0 Å². The van der Waals surface area contributed by atoms with Gasteiger partial charge < -0.3 is 5.32 Å². The predicted octanol–water partition coefficient (Wildman–Crippen LogP) is 2.45. The van der Waals surface area contributed by atoms with Gasteiger partial charge in [0, 0.05) is 24.7 Å². The van der Waals surface area contributed by atoms with Gasteiger partial charge >= 0.3 is 0 Å². The molecule has 0 atom stereocenters. The summed E-state index contributed by atoms with van der Waals surface area (Å²) in [6, 6.07) is 7.16. The van der Waals surface area contributed by atoms with Crippen LogP contribution in [0.3, 0.4) is 0 Å². The molecule has 0 aliphatic carbocycles. The molecule has 0 unspecified atom stereocenters. The first kappa shape index (κ1) is 16.6. The van der Waals surface area contributed by atoms with Crippen LogP contribution in [0, 0.1) is 0 Å². The molecule has 0 aromatic carbocycles. The summed E-state index contributed by atoms with van der Waals surface area (Å²) in [5.74, 6) is 0. The van der Waals surface area contributed by atoms with Crippen molar-refractivity contribution in [3.05, 3.63) is 44.8 Å². The largest absolute Gasteiger partial charge is 0.315 e. The molecule has 2 rings (SSSR count). The highest BCUT2D eigenvalue weighted by atomic mass is 79.9. The second kappa shape index (κ2) is 6.97. The molecule has 21 heavy (non-hydrogen) atoms. The lowest BCUT2D eigenvalue weighted by Crippen LogP contribution is -2.26. The molecule has 0 saturated carbocycles. The molecule has 114 valence electrons. The van der Waals surface area contributed by atoms with Crippen LogP contribution in [0.15, 0.2) is 39.1 Å². The average Bonchev–Trinajstić information content (AvgIpc) is 2.82. The summed E-state index contributed by atoms with van der Waals surface area (Å²) in [4.78, 5) is 5.43. The Labute approximate surface area is 137 Å². The van der Waals surface area contributed by atoms with Crippen molar-refractivity contribution in [1.29, 1.82) is 0 Å². The number of nitrogens with zero attached hydrogens (tertiary/aromatic N) is 2. The third-order valence-corrected chi connectivity index (χ3v) is 6.91. The Morgan fingerprint density at radius 2 is 2.19 bits per heavy atom.